The summed E-state index contributed by atoms with van der Waals surface area (Å²) in [5.41, 5.74) is 0. The number of hydrogen-bond donors (Lipinski definition) is 0. The molecule has 0 saturated heterocycles. The Kier molecular flexibility index (Phi) is 3.43. The molecule has 0 aliphatic heterocycles. The summed E-state index contributed by atoms with van der Waals surface area (Å²) < 4.78 is 2.17. The average Bonchev–Trinajstić information content (AvgIpc) is 2.85. The molecule has 2 heterocycles. The molecule has 0 unspecified atom stereocenters. The van der Waals surface area contributed by atoms with E-state index in [1.165, 1.54) is 4.88 Å². The van der Waals surface area contributed by atoms with Crippen LogP contribution in [0.15, 0.2) is 22.7 Å². The van der Waals surface area contributed by atoms with Gasteiger partial charge in [-0.15, -0.1) is 21.5 Å². The molecule has 0 atom stereocenters. The molecule has 0 fully saturated rings. The highest BCUT2D eigenvalue weighted by atomic mass is 32.2. The van der Waals surface area contributed by atoms with Gasteiger partial charge < -0.3 is 4.57 Å². The molecule has 15 heavy (non-hydrogen) atoms. The Morgan fingerprint density at radius 1 is 1.40 bits per heavy atom. The van der Waals surface area contributed by atoms with E-state index in [2.05, 4.69) is 40.1 Å². The summed E-state index contributed by atoms with van der Waals surface area (Å²) in [5, 5.41) is 11.5. The van der Waals surface area contributed by atoms with Crippen LogP contribution in [-0.2, 0) is 6.54 Å². The lowest BCUT2D eigenvalue weighted by atomic mass is 10.4. The minimum atomic E-state index is 0.919. The van der Waals surface area contributed by atoms with Crippen LogP contribution in [-0.4, -0.2) is 20.5 Å². The zero-order valence-electron chi connectivity index (χ0n) is 8.80. The lowest BCUT2D eigenvalue weighted by Crippen LogP contribution is -1.98. The largest absolute Gasteiger partial charge is 0.302 e. The Balaban J connectivity index is 2.40. The van der Waals surface area contributed by atoms with Crippen LogP contribution in [0.5, 0.6) is 0 Å². The van der Waals surface area contributed by atoms with E-state index in [0.717, 1.165) is 23.3 Å². The highest BCUT2D eigenvalue weighted by Crippen LogP contribution is 2.26. The van der Waals surface area contributed by atoms with Gasteiger partial charge in [0.1, 0.15) is 0 Å². The first-order valence-corrected chi connectivity index (χ1v) is 6.83. The van der Waals surface area contributed by atoms with Gasteiger partial charge in [0.15, 0.2) is 11.0 Å². The zero-order valence-corrected chi connectivity index (χ0v) is 10.4. The van der Waals surface area contributed by atoms with Gasteiger partial charge >= 0.3 is 0 Å². The number of aromatic nitrogens is 3. The van der Waals surface area contributed by atoms with Gasteiger partial charge in [-0.2, -0.15) is 0 Å². The van der Waals surface area contributed by atoms with Gasteiger partial charge in [-0.1, -0.05) is 24.8 Å². The first-order valence-electron chi connectivity index (χ1n) is 4.96. The summed E-state index contributed by atoms with van der Waals surface area (Å²) in [7, 11) is 0. The Morgan fingerprint density at radius 2 is 2.27 bits per heavy atom. The van der Waals surface area contributed by atoms with Gasteiger partial charge in [0.25, 0.3) is 0 Å². The molecule has 2 aromatic rings. The Bertz CT molecular complexity index is 420. The molecule has 5 heteroatoms. The second kappa shape index (κ2) is 4.81. The Hall–Kier alpha value is -0.810. The van der Waals surface area contributed by atoms with Crippen LogP contribution < -0.4 is 0 Å². The van der Waals surface area contributed by atoms with Crippen LogP contribution in [0.1, 0.15) is 13.8 Å². The molecule has 0 aliphatic carbocycles. The fourth-order valence-corrected chi connectivity index (χ4v) is 2.84. The molecule has 0 amide bonds. The van der Waals surface area contributed by atoms with Crippen molar-refractivity contribution in [2.75, 3.05) is 5.75 Å². The van der Waals surface area contributed by atoms with Crippen LogP contribution in [0, 0.1) is 0 Å². The van der Waals surface area contributed by atoms with Gasteiger partial charge in [0, 0.05) is 6.54 Å². The van der Waals surface area contributed by atoms with Crippen molar-refractivity contribution in [1.29, 1.82) is 0 Å². The summed E-state index contributed by atoms with van der Waals surface area (Å²) in [6.45, 7) is 5.17. The van der Waals surface area contributed by atoms with Crippen molar-refractivity contribution in [3.05, 3.63) is 17.5 Å². The summed E-state index contributed by atoms with van der Waals surface area (Å²) in [6.07, 6.45) is 0. The summed E-state index contributed by atoms with van der Waals surface area (Å²) in [4.78, 5) is 1.19. The van der Waals surface area contributed by atoms with Crippen LogP contribution in [0.4, 0.5) is 0 Å². The van der Waals surface area contributed by atoms with E-state index in [0.29, 0.717) is 0 Å². The molecule has 0 N–H and O–H groups in total. The maximum Gasteiger partial charge on any atom is 0.191 e. The summed E-state index contributed by atoms with van der Waals surface area (Å²) >= 11 is 3.44. The van der Waals surface area contributed by atoms with Crippen LogP contribution in [0.3, 0.4) is 0 Å². The molecule has 0 spiro atoms. The van der Waals surface area contributed by atoms with Crippen molar-refractivity contribution < 1.29 is 0 Å². The second-order valence-corrected chi connectivity index (χ2v) is 5.14. The minimum Gasteiger partial charge on any atom is -0.302 e. The maximum absolute atomic E-state index is 4.25. The van der Waals surface area contributed by atoms with E-state index in [9.17, 15) is 0 Å². The van der Waals surface area contributed by atoms with E-state index in [1.807, 2.05) is 6.07 Å². The molecule has 3 nitrogen and oxygen atoms in total. The van der Waals surface area contributed by atoms with Crippen molar-refractivity contribution in [2.24, 2.45) is 0 Å². The molecule has 2 rings (SSSR count). The molecule has 0 radical (unpaired) electrons. The van der Waals surface area contributed by atoms with Crippen molar-refractivity contribution in [1.82, 2.24) is 14.8 Å². The summed E-state index contributed by atoms with van der Waals surface area (Å²) in [6, 6.07) is 4.13. The number of thiophene rings is 1. The monoisotopic (exact) mass is 239 g/mol. The predicted octanol–water partition coefficient (Wildman–Crippen LogP) is 3.14. The Labute approximate surface area is 97.5 Å². The summed E-state index contributed by atoms with van der Waals surface area (Å²) in [5.74, 6) is 2.02. The first-order chi connectivity index (χ1) is 7.36. The average molecular weight is 239 g/mol. The van der Waals surface area contributed by atoms with E-state index >= 15 is 0 Å². The lowest BCUT2D eigenvalue weighted by Gasteiger charge is -2.04. The van der Waals surface area contributed by atoms with E-state index < -0.39 is 0 Å². The van der Waals surface area contributed by atoms with Gasteiger partial charge in [-0.05, 0) is 24.1 Å². The van der Waals surface area contributed by atoms with Crippen LogP contribution in [0.25, 0.3) is 10.7 Å². The fourth-order valence-electron chi connectivity index (χ4n) is 1.40. The Morgan fingerprint density at radius 3 is 2.87 bits per heavy atom. The normalized spacial score (nSPS) is 10.8. The number of rotatable bonds is 4. The number of thioether (sulfide) groups is 1. The van der Waals surface area contributed by atoms with Gasteiger partial charge in [0.05, 0.1) is 4.88 Å². The van der Waals surface area contributed by atoms with Crippen molar-refractivity contribution in [3.8, 4) is 10.7 Å². The third-order valence-electron chi connectivity index (χ3n) is 2.05. The maximum atomic E-state index is 4.25. The predicted molar refractivity (Wildman–Crippen MR) is 65.4 cm³/mol. The molecular weight excluding hydrogens is 226 g/mol. The van der Waals surface area contributed by atoms with Crippen LogP contribution in [0.2, 0.25) is 0 Å². The van der Waals surface area contributed by atoms with Gasteiger partial charge in [-0.3, -0.25) is 0 Å². The van der Waals surface area contributed by atoms with Crippen molar-refractivity contribution in [3.63, 3.8) is 0 Å². The molecule has 2 aromatic heterocycles. The van der Waals surface area contributed by atoms with Gasteiger partial charge in [0.2, 0.25) is 0 Å². The standard InChI is InChI=1S/C10H13N3S2/c1-3-13-9(8-6-5-7-15-8)11-12-10(13)14-4-2/h5-7H,3-4H2,1-2H3. The third kappa shape index (κ3) is 2.08. The number of nitrogens with zero attached hydrogens (tertiary/aromatic N) is 3. The molecule has 0 saturated carbocycles. The van der Waals surface area contributed by atoms with E-state index in [4.69, 9.17) is 0 Å². The van der Waals surface area contributed by atoms with E-state index in [1.54, 1.807) is 23.1 Å². The number of hydrogen-bond acceptors (Lipinski definition) is 4. The SMILES string of the molecule is CCSc1nnc(-c2cccs2)n1CC. The highest BCUT2D eigenvalue weighted by molar-refractivity contribution is 7.99. The molecular formula is C10H13N3S2. The quantitative estimate of drug-likeness (QED) is 0.768. The fraction of sp³-hybridized carbons (Fsp3) is 0.400. The molecule has 0 bridgehead atoms. The zero-order chi connectivity index (χ0) is 10.7. The third-order valence-corrected chi connectivity index (χ3v) is 3.76. The molecule has 0 aliphatic rings. The van der Waals surface area contributed by atoms with E-state index in [-0.39, 0.29) is 0 Å². The van der Waals surface area contributed by atoms with Crippen molar-refractivity contribution in [2.45, 2.75) is 25.5 Å². The highest BCUT2D eigenvalue weighted by Gasteiger charge is 2.12. The van der Waals surface area contributed by atoms with Crippen LogP contribution >= 0.6 is 23.1 Å². The minimum absolute atomic E-state index is 0.919. The second-order valence-electron chi connectivity index (χ2n) is 2.96. The topological polar surface area (TPSA) is 30.7 Å². The van der Waals surface area contributed by atoms with Gasteiger partial charge in [-0.25, -0.2) is 0 Å². The smallest absolute Gasteiger partial charge is 0.191 e. The lowest BCUT2D eigenvalue weighted by molar-refractivity contribution is 0.688. The first kappa shape index (κ1) is 10.7. The van der Waals surface area contributed by atoms with Crippen molar-refractivity contribution >= 4 is 23.1 Å². The molecule has 80 valence electrons. The molecule has 0 aromatic carbocycles.